The number of hydrogen-bond donors (Lipinski definition) is 0. The predicted octanol–water partition coefficient (Wildman–Crippen LogP) is 2.57. The molecule has 1 aliphatic carbocycles. The third-order valence-electron chi connectivity index (χ3n) is 4.74. The molecule has 0 N–H and O–H groups in total. The second kappa shape index (κ2) is 7.29. The van der Waals surface area contributed by atoms with Gasteiger partial charge in [-0.2, -0.15) is 4.31 Å². The molecule has 7 heteroatoms. The zero-order valence-electron chi connectivity index (χ0n) is 15.0. The van der Waals surface area contributed by atoms with Crippen molar-refractivity contribution in [2.24, 2.45) is 5.92 Å². The van der Waals surface area contributed by atoms with E-state index in [9.17, 15) is 13.2 Å². The van der Waals surface area contributed by atoms with Crippen LogP contribution in [0.1, 0.15) is 32.3 Å². The molecule has 1 saturated heterocycles. The number of nitrogens with zero attached hydrogens (tertiary/aromatic N) is 2. The minimum atomic E-state index is -3.65. The fraction of sp³-hybridized carbons (Fsp3) is 0.611. The lowest BCUT2D eigenvalue weighted by Crippen LogP contribution is -2.48. The van der Waals surface area contributed by atoms with Crippen molar-refractivity contribution in [1.82, 2.24) is 9.21 Å². The number of benzene rings is 1. The summed E-state index contributed by atoms with van der Waals surface area (Å²) in [5.74, 6) is 1.32. The topological polar surface area (TPSA) is 57.7 Å². The van der Waals surface area contributed by atoms with E-state index in [0.717, 1.165) is 24.8 Å². The van der Waals surface area contributed by atoms with Crippen molar-refractivity contribution >= 4 is 27.7 Å². The molecule has 5 nitrogen and oxygen atoms in total. The average molecular weight is 383 g/mol. The van der Waals surface area contributed by atoms with Gasteiger partial charge >= 0.3 is 0 Å². The molecule has 25 heavy (non-hydrogen) atoms. The Morgan fingerprint density at radius 3 is 2.48 bits per heavy atom. The third-order valence-corrected chi connectivity index (χ3v) is 7.79. The molecule has 2 fully saturated rings. The molecule has 1 aliphatic heterocycles. The maximum atomic E-state index is 13.0. The summed E-state index contributed by atoms with van der Waals surface area (Å²) >= 11 is 1.50. The average Bonchev–Trinajstić information content (AvgIpc) is 3.29. The minimum Gasteiger partial charge on any atom is -0.341 e. The zero-order valence-corrected chi connectivity index (χ0v) is 16.6. The van der Waals surface area contributed by atoms with Crippen LogP contribution in [-0.2, 0) is 21.2 Å². The van der Waals surface area contributed by atoms with E-state index in [2.05, 4.69) is 13.8 Å². The smallest absolute Gasteiger partial charge is 0.244 e. The monoisotopic (exact) mass is 382 g/mol. The first-order valence-corrected chi connectivity index (χ1v) is 11.4. The fourth-order valence-corrected chi connectivity index (χ4v) is 6.27. The lowest BCUT2D eigenvalue weighted by Gasteiger charge is -2.26. The van der Waals surface area contributed by atoms with Crippen LogP contribution in [0.2, 0.25) is 0 Å². The minimum absolute atomic E-state index is 0.0764. The Labute approximate surface area is 154 Å². The molecule has 0 bridgehead atoms. The van der Waals surface area contributed by atoms with Crippen molar-refractivity contribution in [3.05, 3.63) is 29.8 Å². The molecule has 1 heterocycles. The molecule has 138 valence electrons. The van der Waals surface area contributed by atoms with Gasteiger partial charge < -0.3 is 4.90 Å². The van der Waals surface area contributed by atoms with Gasteiger partial charge in [-0.1, -0.05) is 26.0 Å². The molecule has 0 radical (unpaired) electrons. The Balaban J connectivity index is 1.79. The van der Waals surface area contributed by atoms with Gasteiger partial charge in [-0.3, -0.25) is 4.79 Å². The van der Waals surface area contributed by atoms with Crippen LogP contribution in [0.15, 0.2) is 29.2 Å². The summed E-state index contributed by atoms with van der Waals surface area (Å²) in [6.07, 6.45) is 2.96. The van der Waals surface area contributed by atoms with Gasteiger partial charge in [0.15, 0.2) is 0 Å². The number of sulfonamides is 1. The Hall–Kier alpha value is -1.05. The van der Waals surface area contributed by atoms with Crippen molar-refractivity contribution in [3.8, 4) is 0 Å². The van der Waals surface area contributed by atoms with Crippen LogP contribution in [-0.4, -0.2) is 54.3 Å². The first kappa shape index (κ1) is 18.7. The molecular formula is C18H26N2O3S2. The normalized spacial score (nSPS) is 21.7. The molecule has 1 saturated carbocycles. The molecule has 1 atom stereocenters. The number of carbonyl (C=O) groups is 1. The number of rotatable bonds is 6. The number of amides is 1. The molecule has 2 aliphatic rings. The van der Waals surface area contributed by atoms with E-state index >= 15 is 0 Å². The fourth-order valence-electron chi connectivity index (χ4n) is 3.14. The van der Waals surface area contributed by atoms with Crippen LogP contribution in [0.4, 0.5) is 0 Å². The van der Waals surface area contributed by atoms with Crippen LogP contribution < -0.4 is 0 Å². The third kappa shape index (κ3) is 4.04. The van der Waals surface area contributed by atoms with Gasteiger partial charge in [0.25, 0.3) is 0 Å². The molecule has 0 aromatic heterocycles. The van der Waals surface area contributed by atoms with Crippen LogP contribution in [0, 0.1) is 5.92 Å². The highest BCUT2D eigenvalue weighted by molar-refractivity contribution is 8.00. The van der Waals surface area contributed by atoms with Crippen LogP contribution >= 0.6 is 11.8 Å². The number of likely N-dealkylation sites (N-methyl/N-ethyl adjacent to an activating group) is 1. The number of thioether (sulfide) groups is 1. The highest BCUT2D eigenvalue weighted by atomic mass is 32.2. The molecule has 1 aromatic rings. The van der Waals surface area contributed by atoms with E-state index in [1.165, 1.54) is 16.1 Å². The van der Waals surface area contributed by atoms with Gasteiger partial charge in [0.2, 0.25) is 15.9 Å². The Kier molecular flexibility index (Phi) is 5.46. The Morgan fingerprint density at radius 2 is 1.92 bits per heavy atom. The highest BCUT2D eigenvalue weighted by Gasteiger charge is 2.43. The van der Waals surface area contributed by atoms with Crippen molar-refractivity contribution in [1.29, 1.82) is 0 Å². The van der Waals surface area contributed by atoms with Gasteiger partial charge in [-0.05, 0) is 42.9 Å². The molecule has 0 unspecified atom stereocenters. The summed E-state index contributed by atoms with van der Waals surface area (Å²) < 4.78 is 27.4. The second-order valence-electron chi connectivity index (χ2n) is 7.33. The second-order valence-corrected chi connectivity index (χ2v) is 10.2. The Bertz CT molecular complexity index is 727. The van der Waals surface area contributed by atoms with Crippen LogP contribution in [0.25, 0.3) is 0 Å². The maximum absolute atomic E-state index is 13.0. The predicted molar refractivity (Wildman–Crippen MR) is 101 cm³/mol. The summed E-state index contributed by atoms with van der Waals surface area (Å²) in [4.78, 5) is 14.7. The summed E-state index contributed by atoms with van der Waals surface area (Å²) in [6, 6.07) is 6.80. The van der Waals surface area contributed by atoms with Gasteiger partial charge in [-0.15, -0.1) is 11.8 Å². The maximum Gasteiger partial charge on any atom is 0.244 e. The quantitative estimate of drug-likeness (QED) is 0.759. The SMILES string of the molecule is CC(C)Cc1ccc(S(=O)(=O)N2CSC[C@@H]2C(=O)N(C)C2CC2)cc1. The van der Waals surface area contributed by atoms with E-state index in [0.29, 0.717) is 17.5 Å². The van der Waals surface area contributed by atoms with Crippen molar-refractivity contribution in [2.45, 2.75) is 50.1 Å². The molecule has 1 aromatic carbocycles. The van der Waals surface area contributed by atoms with E-state index < -0.39 is 16.1 Å². The summed E-state index contributed by atoms with van der Waals surface area (Å²) in [5.41, 5.74) is 1.13. The van der Waals surface area contributed by atoms with E-state index in [1.54, 1.807) is 24.1 Å². The van der Waals surface area contributed by atoms with Crippen molar-refractivity contribution in [2.75, 3.05) is 18.7 Å². The zero-order chi connectivity index (χ0) is 18.2. The van der Waals surface area contributed by atoms with Crippen molar-refractivity contribution in [3.63, 3.8) is 0 Å². The number of hydrogen-bond acceptors (Lipinski definition) is 4. The lowest BCUT2D eigenvalue weighted by atomic mass is 10.0. The highest BCUT2D eigenvalue weighted by Crippen LogP contribution is 2.32. The first-order chi connectivity index (χ1) is 11.8. The molecule has 3 rings (SSSR count). The van der Waals surface area contributed by atoms with Crippen LogP contribution in [0.3, 0.4) is 0 Å². The number of carbonyl (C=O) groups excluding carboxylic acids is 1. The molecule has 0 spiro atoms. The standard InChI is InChI=1S/C18H26N2O3S2/c1-13(2)10-14-4-8-16(9-5-14)25(22,23)20-12-24-11-17(20)18(21)19(3)15-6-7-15/h4-5,8-9,13,15,17H,6-7,10-12H2,1-3H3/t17-/m1/s1. The van der Waals surface area contributed by atoms with Gasteiger partial charge in [-0.25, -0.2) is 8.42 Å². The van der Waals surface area contributed by atoms with Crippen molar-refractivity contribution < 1.29 is 13.2 Å². The van der Waals surface area contributed by atoms with Crippen LogP contribution in [0.5, 0.6) is 0 Å². The molecular weight excluding hydrogens is 356 g/mol. The van der Waals surface area contributed by atoms with Gasteiger partial charge in [0.05, 0.1) is 10.8 Å². The van der Waals surface area contributed by atoms with E-state index in [4.69, 9.17) is 0 Å². The Morgan fingerprint density at radius 1 is 1.28 bits per heavy atom. The van der Waals surface area contributed by atoms with E-state index in [1.807, 2.05) is 12.1 Å². The molecule has 1 amide bonds. The van der Waals surface area contributed by atoms with Gasteiger partial charge in [0.1, 0.15) is 6.04 Å². The van der Waals surface area contributed by atoms with Gasteiger partial charge in [0, 0.05) is 18.8 Å². The summed E-state index contributed by atoms with van der Waals surface area (Å²) in [7, 11) is -1.87. The van der Waals surface area contributed by atoms with E-state index in [-0.39, 0.29) is 16.8 Å². The summed E-state index contributed by atoms with van der Waals surface area (Å²) in [5, 5.41) is 0. The lowest BCUT2D eigenvalue weighted by molar-refractivity contribution is -0.133. The largest absolute Gasteiger partial charge is 0.341 e. The first-order valence-electron chi connectivity index (χ1n) is 8.76. The summed E-state index contributed by atoms with van der Waals surface area (Å²) in [6.45, 7) is 4.28.